The van der Waals surface area contributed by atoms with Crippen molar-refractivity contribution >= 4 is 0 Å². The molecular weight excluding hydrogens is 264 g/mol. The summed E-state index contributed by atoms with van der Waals surface area (Å²) in [4.78, 5) is 0. The Balaban J connectivity index is 1.65. The Labute approximate surface area is 130 Å². The van der Waals surface area contributed by atoms with Crippen LogP contribution in [0.25, 0.3) is 0 Å². The molecule has 2 saturated carbocycles. The molecule has 2 fully saturated rings. The van der Waals surface area contributed by atoms with E-state index < -0.39 is 0 Å². The number of hydrogen-bond acceptors (Lipinski definition) is 0. The summed E-state index contributed by atoms with van der Waals surface area (Å²) in [6, 6.07) is 18.8. The molecule has 7 rings (SSSR count). The van der Waals surface area contributed by atoms with Gasteiger partial charge in [-0.05, 0) is 58.8 Å². The van der Waals surface area contributed by atoms with E-state index in [9.17, 15) is 0 Å². The van der Waals surface area contributed by atoms with E-state index in [2.05, 4.69) is 60.7 Å². The first kappa shape index (κ1) is 10.8. The fraction of sp³-hybridized carbons (Fsp3) is 0.364. The molecule has 6 atom stereocenters. The third-order valence-electron chi connectivity index (χ3n) is 8.07. The Hall–Kier alpha value is -1.82. The molecular formula is C22H18. The summed E-state index contributed by atoms with van der Waals surface area (Å²) in [5.74, 6) is 3.11. The molecule has 0 heterocycles. The molecule has 4 bridgehead atoms. The fourth-order valence-corrected chi connectivity index (χ4v) is 7.94. The summed E-state index contributed by atoms with van der Waals surface area (Å²) >= 11 is 0. The van der Waals surface area contributed by atoms with Gasteiger partial charge >= 0.3 is 0 Å². The highest BCUT2D eigenvalue weighted by atomic mass is 14.8. The second-order valence-corrected chi connectivity index (χ2v) is 8.09. The van der Waals surface area contributed by atoms with Gasteiger partial charge in [-0.15, -0.1) is 0 Å². The first-order valence-corrected chi connectivity index (χ1v) is 8.77. The van der Waals surface area contributed by atoms with Gasteiger partial charge in [0.1, 0.15) is 0 Å². The Morgan fingerprint density at radius 2 is 1.14 bits per heavy atom. The summed E-state index contributed by atoms with van der Waals surface area (Å²) in [7, 11) is 0. The Morgan fingerprint density at radius 3 is 1.68 bits per heavy atom. The molecule has 0 saturated heterocycles. The Kier molecular flexibility index (Phi) is 1.46. The van der Waals surface area contributed by atoms with Crippen LogP contribution < -0.4 is 0 Å². The molecule has 0 nitrogen and oxygen atoms in total. The minimum Gasteiger partial charge on any atom is -0.0841 e. The largest absolute Gasteiger partial charge is 0.0841 e. The van der Waals surface area contributed by atoms with Gasteiger partial charge in [-0.2, -0.15) is 0 Å². The molecule has 5 aliphatic rings. The third-order valence-corrected chi connectivity index (χ3v) is 8.07. The minimum atomic E-state index is 0.446. The van der Waals surface area contributed by atoms with Crippen LogP contribution in [0.3, 0.4) is 0 Å². The van der Waals surface area contributed by atoms with Crippen molar-refractivity contribution < 1.29 is 0 Å². The van der Waals surface area contributed by atoms with Gasteiger partial charge in [0.15, 0.2) is 0 Å². The van der Waals surface area contributed by atoms with Gasteiger partial charge in [-0.1, -0.05) is 60.7 Å². The van der Waals surface area contributed by atoms with E-state index in [0.29, 0.717) is 10.8 Å². The van der Waals surface area contributed by atoms with Crippen LogP contribution in [0.2, 0.25) is 0 Å². The Bertz CT molecular complexity index is 820. The normalized spacial score (nSPS) is 46.9. The maximum absolute atomic E-state index is 2.57. The lowest BCUT2D eigenvalue weighted by Crippen LogP contribution is -2.62. The molecule has 0 amide bonds. The second kappa shape index (κ2) is 2.97. The number of benzene rings is 2. The lowest BCUT2D eigenvalue weighted by Gasteiger charge is -2.64. The summed E-state index contributed by atoms with van der Waals surface area (Å²) in [6.07, 6.45) is 7.93. The molecule has 5 aliphatic carbocycles. The molecule has 0 aliphatic heterocycles. The molecule has 106 valence electrons. The van der Waals surface area contributed by atoms with Gasteiger partial charge in [-0.3, -0.25) is 0 Å². The predicted octanol–water partition coefficient (Wildman–Crippen LogP) is 4.67. The maximum Gasteiger partial charge on any atom is 0.0196 e. The van der Waals surface area contributed by atoms with Crippen molar-refractivity contribution in [3.63, 3.8) is 0 Å². The van der Waals surface area contributed by atoms with Crippen molar-refractivity contribution in [2.24, 2.45) is 11.8 Å². The SMILES string of the molecule is C1=C[C@H]2C[C@H]1[C@]13c4ccccc4[C@@]21[C@H]1C[C@H]3c2ccccc21. The zero-order valence-corrected chi connectivity index (χ0v) is 12.5. The van der Waals surface area contributed by atoms with Crippen LogP contribution >= 0.6 is 0 Å². The quantitative estimate of drug-likeness (QED) is 0.616. The Morgan fingerprint density at radius 1 is 0.636 bits per heavy atom. The molecule has 0 N–H and O–H groups in total. The first-order valence-electron chi connectivity index (χ1n) is 8.77. The number of fused-ring (bicyclic) bond motifs is 8. The molecule has 0 spiro atoms. The smallest absolute Gasteiger partial charge is 0.0196 e. The van der Waals surface area contributed by atoms with Gasteiger partial charge in [0.25, 0.3) is 0 Å². The van der Waals surface area contributed by atoms with Crippen molar-refractivity contribution in [3.05, 3.63) is 82.9 Å². The minimum absolute atomic E-state index is 0.446. The third kappa shape index (κ3) is 0.722. The molecule has 22 heavy (non-hydrogen) atoms. The van der Waals surface area contributed by atoms with Gasteiger partial charge in [0.05, 0.1) is 0 Å². The number of rotatable bonds is 0. The number of allylic oxidation sites excluding steroid dienone is 2. The van der Waals surface area contributed by atoms with E-state index in [-0.39, 0.29) is 0 Å². The zero-order valence-electron chi connectivity index (χ0n) is 12.5. The van der Waals surface area contributed by atoms with Gasteiger partial charge in [0.2, 0.25) is 0 Å². The summed E-state index contributed by atoms with van der Waals surface area (Å²) in [5.41, 5.74) is 7.66. The lowest BCUT2D eigenvalue weighted by molar-refractivity contribution is 0.135. The number of hydrogen-bond donors (Lipinski definition) is 0. The molecule has 2 aromatic rings. The van der Waals surface area contributed by atoms with Gasteiger partial charge in [-0.25, -0.2) is 0 Å². The standard InChI is InChI=1S/C22H18/c1-2-6-16-15(5-1)19-12-20(16)22-14-10-9-13(11-14)21(19,22)17-7-3-4-8-18(17)22/h1-10,13-14,19-20H,11-12H2/t13-,14-,19-,20-,21+,22+/m0/s1. The second-order valence-electron chi connectivity index (χ2n) is 8.09. The fourth-order valence-electron chi connectivity index (χ4n) is 7.94. The molecule has 2 aromatic carbocycles. The predicted molar refractivity (Wildman–Crippen MR) is 87.1 cm³/mol. The van der Waals surface area contributed by atoms with Crippen LogP contribution in [0.15, 0.2) is 60.7 Å². The topological polar surface area (TPSA) is 0 Å². The highest BCUT2D eigenvalue weighted by molar-refractivity contribution is 5.72. The van der Waals surface area contributed by atoms with Gasteiger partial charge < -0.3 is 0 Å². The van der Waals surface area contributed by atoms with Crippen molar-refractivity contribution in [3.8, 4) is 0 Å². The summed E-state index contributed by atoms with van der Waals surface area (Å²) < 4.78 is 0. The van der Waals surface area contributed by atoms with Crippen LogP contribution in [0.4, 0.5) is 0 Å². The van der Waals surface area contributed by atoms with Crippen LogP contribution in [-0.2, 0) is 10.8 Å². The lowest BCUT2D eigenvalue weighted by atomic mass is 9.38. The molecule has 0 unspecified atom stereocenters. The van der Waals surface area contributed by atoms with E-state index >= 15 is 0 Å². The average molecular weight is 282 g/mol. The molecule has 0 aromatic heterocycles. The van der Waals surface area contributed by atoms with E-state index in [0.717, 1.165) is 23.7 Å². The maximum atomic E-state index is 2.57. The summed E-state index contributed by atoms with van der Waals surface area (Å²) in [5, 5.41) is 0. The first-order chi connectivity index (χ1) is 10.9. The van der Waals surface area contributed by atoms with Crippen molar-refractivity contribution in [2.45, 2.75) is 35.5 Å². The molecule has 0 heteroatoms. The van der Waals surface area contributed by atoms with Crippen LogP contribution in [0.1, 0.15) is 46.9 Å². The van der Waals surface area contributed by atoms with Crippen molar-refractivity contribution in [1.29, 1.82) is 0 Å². The van der Waals surface area contributed by atoms with Crippen molar-refractivity contribution in [1.82, 2.24) is 0 Å². The van der Waals surface area contributed by atoms with Crippen LogP contribution in [0.5, 0.6) is 0 Å². The van der Waals surface area contributed by atoms with Crippen molar-refractivity contribution in [2.75, 3.05) is 0 Å². The van der Waals surface area contributed by atoms with Gasteiger partial charge in [0, 0.05) is 10.8 Å². The summed E-state index contributed by atoms with van der Waals surface area (Å²) in [6.45, 7) is 0. The average Bonchev–Trinajstić information content (AvgIpc) is 3.27. The van der Waals surface area contributed by atoms with E-state index in [1.807, 2.05) is 0 Å². The van der Waals surface area contributed by atoms with E-state index in [4.69, 9.17) is 0 Å². The van der Waals surface area contributed by atoms with Crippen LogP contribution in [-0.4, -0.2) is 0 Å². The monoisotopic (exact) mass is 282 g/mol. The highest BCUT2D eigenvalue weighted by Gasteiger charge is 2.83. The molecule has 0 radical (unpaired) electrons. The highest BCUT2D eigenvalue weighted by Crippen LogP contribution is 2.87. The van der Waals surface area contributed by atoms with E-state index in [1.165, 1.54) is 12.8 Å². The zero-order chi connectivity index (χ0) is 14.1. The van der Waals surface area contributed by atoms with Crippen LogP contribution in [0, 0.1) is 11.8 Å². The van der Waals surface area contributed by atoms with E-state index in [1.54, 1.807) is 22.3 Å².